The first-order valence-electron chi connectivity index (χ1n) is 6.19. The molecule has 5 heteroatoms. The summed E-state index contributed by atoms with van der Waals surface area (Å²) >= 11 is 3.35. The Bertz CT molecular complexity index is 716. The fraction of sp³-hybridized carbons (Fsp3) is 0.0667. The summed E-state index contributed by atoms with van der Waals surface area (Å²) in [7, 11) is 0. The second kappa shape index (κ2) is 5.46. The van der Waals surface area contributed by atoms with Crippen molar-refractivity contribution in [2.75, 3.05) is 0 Å². The summed E-state index contributed by atoms with van der Waals surface area (Å²) in [6.07, 6.45) is 3.85. The van der Waals surface area contributed by atoms with E-state index >= 15 is 0 Å². The minimum atomic E-state index is -0.102. The minimum absolute atomic E-state index is 0.102. The first-order valence-corrected chi connectivity index (χ1v) is 6.98. The van der Waals surface area contributed by atoms with Crippen LogP contribution in [-0.4, -0.2) is 15.3 Å². The normalized spacial score (nSPS) is 10.7. The van der Waals surface area contributed by atoms with Crippen molar-refractivity contribution in [2.24, 2.45) is 0 Å². The molecule has 1 aromatic carbocycles. The summed E-state index contributed by atoms with van der Waals surface area (Å²) in [5, 5.41) is 2.87. The highest BCUT2D eigenvalue weighted by Gasteiger charge is 2.06. The summed E-state index contributed by atoms with van der Waals surface area (Å²) in [6.45, 7) is 0.413. The first kappa shape index (κ1) is 12.9. The van der Waals surface area contributed by atoms with E-state index in [1.165, 1.54) is 0 Å². The molecule has 4 nitrogen and oxygen atoms in total. The van der Waals surface area contributed by atoms with E-state index in [2.05, 4.69) is 26.2 Å². The van der Waals surface area contributed by atoms with E-state index in [-0.39, 0.29) is 5.91 Å². The van der Waals surface area contributed by atoms with Crippen LogP contribution >= 0.6 is 15.9 Å². The zero-order valence-corrected chi connectivity index (χ0v) is 12.2. The third kappa shape index (κ3) is 2.72. The van der Waals surface area contributed by atoms with Gasteiger partial charge in [0.05, 0.1) is 12.2 Å². The second-order valence-corrected chi connectivity index (χ2v) is 5.30. The van der Waals surface area contributed by atoms with Crippen molar-refractivity contribution in [3.8, 4) is 0 Å². The van der Waals surface area contributed by atoms with Crippen LogP contribution in [0.15, 0.2) is 59.3 Å². The number of carbonyl (C=O) groups is 1. The Morgan fingerprint density at radius 1 is 1.20 bits per heavy atom. The van der Waals surface area contributed by atoms with Gasteiger partial charge in [-0.15, -0.1) is 0 Å². The number of pyridine rings is 1. The number of nitrogens with zero attached hydrogens (tertiary/aromatic N) is 2. The number of hydrogen-bond donors (Lipinski definition) is 1. The average molecular weight is 330 g/mol. The Balaban J connectivity index is 1.69. The lowest BCUT2D eigenvalue weighted by Gasteiger charge is -2.03. The molecule has 0 saturated carbocycles. The number of hydrogen-bond acceptors (Lipinski definition) is 2. The number of aromatic nitrogens is 2. The molecule has 0 unspecified atom stereocenters. The lowest BCUT2D eigenvalue weighted by Crippen LogP contribution is -2.22. The van der Waals surface area contributed by atoms with Crippen molar-refractivity contribution in [3.63, 3.8) is 0 Å². The fourth-order valence-corrected chi connectivity index (χ4v) is 2.21. The lowest BCUT2D eigenvalue weighted by molar-refractivity contribution is 0.0950. The van der Waals surface area contributed by atoms with E-state index < -0.39 is 0 Å². The first-order chi connectivity index (χ1) is 9.72. The van der Waals surface area contributed by atoms with Crippen molar-refractivity contribution in [3.05, 3.63) is 70.6 Å². The van der Waals surface area contributed by atoms with Gasteiger partial charge in [0.25, 0.3) is 5.91 Å². The van der Waals surface area contributed by atoms with E-state index in [9.17, 15) is 4.79 Å². The zero-order valence-electron chi connectivity index (χ0n) is 10.6. The molecule has 100 valence electrons. The van der Waals surface area contributed by atoms with E-state index in [1.54, 1.807) is 12.1 Å². The van der Waals surface area contributed by atoms with E-state index in [0.717, 1.165) is 15.8 Å². The Kier molecular flexibility index (Phi) is 3.52. The number of fused-ring (bicyclic) bond motifs is 1. The maximum Gasteiger partial charge on any atom is 0.251 e. The van der Waals surface area contributed by atoms with Gasteiger partial charge in [0, 0.05) is 22.4 Å². The highest BCUT2D eigenvalue weighted by Crippen LogP contribution is 2.10. The molecule has 0 aliphatic rings. The van der Waals surface area contributed by atoms with Gasteiger partial charge in [0.1, 0.15) is 5.65 Å². The van der Waals surface area contributed by atoms with Crippen molar-refractivity contribution < 1.29 is 4.79 Å². The third-order valence-electron chi connectivity index (χ3n) is 2.95. The third-order valence-corrected chi connectivity index (χ3v) is 3.48. The standard InChI is InChI=1S/C15H12BrN3O/c16-12-6-4-11(5-7-12)15(20)17-9-13-10-19-8-2-1-3-14(19)18-13/h1-8,10H,9H2,(H,17,20). The van der Waals surface area contributed by atoms with Gasteiger partial charge in [-0.25, -0.2) is 4.98 Å². The number of halogens is 1. The highest BCUT2D eigenvalue weighted by atomic mass is 79.9. The van der Waals surface area contributed by atoms with Gasteiger partial charge in [-0.05, 0) is 36.4 Å². The van der Waals surface area contributed by atoms with Crippen LogP contribution < -0.4 is 5.32 Å². The Labute approximate surface area is 124 Å². The van der Waals surface area contributed by atoms with Gasteiger partial charge in [-0.1, -0.05) is 22.0 Å². The molecule has 0 aliphatic carbocycles. The van der Waals surface area contributed by atoms with Crippen LogP contribution in [0.2, 0.25) is 0 Å². The van der Waals surface area contributed by atoms with Crippen LogP contribution in [0, 0.1) is 0 Å². The van der Waals surface area contributed by atoms with Crippen molar-refractivity contribution in [2.45, 2.75) is 6.54 Å². The molecule has 3 rings (SSSR count). The molecule has 0 fully saturated rings. The number of amides is 1. The monoisotopic (exact) mass is 329 g/mol. The van der Waals surface area contributed by atoms with Gasteiger partial charge < -0.3 is 9.72 Å². The van der Waals surface area contributed by atoms with Gasteiger partial charge in [0.15, 0.2) is 0 Å². The molecule has 0 radical (unpaired) electrons. The average Bonchev–Trinajstić information content (AvgIpc) is 2.88. The van der Waals surface area contributed by atoms with Crippen LogP contribution in [0.4, 0.5) is 0 Å². The maximum absolute atomic E-state index is 12.0. The highest BCUT2D eigenvalue weighted by molar-refractivity contribution is 9.10. The summed E-state index contributed by atoms with van der Waals surface area (Å²) in [5.41, 5.74) is 2.35. The molecular weight excluding hydrogens is 318 g/mol. The smallest absolute Gasteiger partial charge is 0.251 e. The molecule has 20 heavy (non-hydrogen) atoms. The molecule has 0 spiro atoms. The summed E-state index contributed by atoms with van der Waals surface area (Å²) in [6, 6.07) is 13.1. The largest absolute Gasteiger partial charge is 0.346 e. The van der Waals surface area contributed by atoms with Crippen molar-refractivity contribution >= 4 is 27.5 Å². The number of nitrogens with one attached hydrogen (secondary N) is 1. The van der Waals surface area contributed by atoms with Gasteiger partial charge in [0.2, 0.25) is 0 Å². The van der Waals surface area contributed by atoms with Crippen LogP contribution in [0.25, 0.3) is 5.65 Å². The number of imidazole rings is 1. The molecular formula is C15H12BrN3O. The van der Waals surface area contributed by atoms with Gasteiger partial charge >= 0.3 is 0 Å². The summed E-state index contributed by atoms with van der Waals surface area (Å²) in [5.74, 6) is -0.102. The SMILES string of the molecule is O=C(NCc1cn2ccccc2n1)c1ccc(Br)cc1. The maximum atomic E-state index is 12.0. The second-order valence-electron chi connectivity index (χ2n) is 4.39. The topological polar surface area (TPSA) is 46.4 Å². The molecule has 0 saturated heterocycles. The van der Waals surface area contributed by atoms with E-state index in [0.29, 0.717) is 12.1 Å². The summed E-state index contributed by atoms with van der Waals surface area (Å²) < 4.78 is 2.88. The summed E-state index contributed by atoms with van der Waals surface area (Å²) in [4.78, 5) is 16.4. The van der Waals surface area contributed by atoms with Crippen LogP contribution in [-0.2, 0) is 6.54 Å². The number of carbonyl (C=O) groups excluding carboxylic acids is 1. The van der Waals surface area contributed by atoms with Crippen molar-refractivity contribution in [1.29, 1.82) is 0 Å². The predicted octanol–water partition coefficient (Wildman–Crippen LogP) is 3.03. The van der Waals surface area contributed by atoms with Gasteiger partial charge in [-0.3, -0.25) is 4.79 Å². The molecule has 1 N–H and O–H groups in total. The number of benzene rings is 1. The molecule has 3 aromatic rings. The van der Waals surface area contributed by atoms with Crippen LogP contribution in [0.5, 0.6) is 0 Å². The molecule has 0 bridgehead atoms. The molecule has 0 aliphatic heterocycles. The number of rotatable bonds is 3. The minimum Gasteiger partial charge on any atom is -0.346 e. The fourth-order valence-electron chi connectivity index (χ4n) is 1.95. The molecule has 1 amide bonds. The van der Waals surface area contributed by atoms with Crippen LogP contribution in [0.1, 0.15) is 16.1 Å². The Morgan fingerprint density at radius 2 is 2.00 bits per heavy atom. The predicted molar refractivity (Wildman–Crippen MR) is 80.5 cm³/mol. The van der Waals surface area contributed by atoms with E-state index in [1.807, 2.05) is 47.1 Å². The lowest BCUT2D eigenvalue weighted by atomic mass is 10.2. The Hall–Kier alpha value is -2.14. The molecule has 0 atom stereocenters. The van der Waals surface area contributed by atoms with E-state index in [4.69, 9.17) is 0 Å². The zero-order chi connectivity index (χ0) is 13.9. The Morgan fingerprint density at radius 3 is 2.75 bits per heavy atom. The van der Waals surface area contributed by atoms with Crippen LogP contribution in [0.3, 0.4) is 0 Å². The molecule has 2 heterocycles. The van der Waals surface area contributed by atoms with Crippen molar-refractivity contribution in [1.82, 2.24) is 14.7 Å². The molecule has 2 aromatic heterocycles. The van der Waals surface area contributed by atoms with Gasteiger partial charge in [-0.2, -0.15) is 0 Å². The quantitative estimate of drug-likeness (QED) is 0.802.